The number of nitrogens with zero attached hydrogens (tertiary/aromatic N) is 2. The maximum Gasteiger partial charge on any atom is 0.427 e. The maximum atomic E-state index is 10.9. The van der Waals surface area contributed by atoms with Crippen LogP contribution in [0.1, 0.15) is 12.5 Å². The van der Waals surface area contributed by atoms with Gasteiger partial charge in [-0.2, -0.15) is 0 Å². The number of aromatic amines is 1. The molecule has 1 aromatic carbocycles. The van der Waals surface area contributed by atoms with Crippen molar-refractivity contribution in [3.63, 3.8) is 0 Å². The van der Waals surface area contributed by atoms with Gasteiger partial charge in [0.15, 0.2) is 0 Å². The molecule has 0 saturated heterocycles. The number of H-pyrrole nitrogens is 1. The van der Waals surface area contributed by atoms with Gasteiger partial charge < -0.3 is 10.4 Å². The van der Waals surface area contributed by atoms with Gasteiger partial charge in [0.1, 0.15) is 0 Å². The minimum Gasteiger partial charge on any atom is -0.792 e. The molecule has 2 rings (SSSR count). The lowest BCUT2D eigenvalue weighted by Crippen LogP contribution is -2.34. The van der Waals surface area contributed by atoms with Gasteiger partial charge in [-0.3, -0.25) is 4.52 Å². The van der Waals surface area contributed by atoms with Crippen LogP contribution in [0.3, 0.4) is 0 Å². The molecular weight excluding hydrogens is 210 g/mol. The summed E-state index contributed by atoms with van der Waals surface area (Å²) < 4.78 is 5.95. The van der Waals surface area contributed by atoms with Crippen LogP contribution in [0.2, 0.25) is 0 Å². The summed E-state index contributed by atoms with van der Waals surface area (Å²) in [6.45, 7) is 1.60. The molecule has 1 heterocycles. The quantitative estimate of drug-likeness (QED) is 0.454. The number of para-hydroxylation sites is 1. The Hall–Kier alpha value is -2.37. The first-order chi connectivity index (χ1) is 7.72. The third kappa shape index (κ3) is 1.72. The SMILES string of the molecule is C/C(=N\[O-])c1ccccc1-[n+]1cc(=O)o[nH]1. The number of hydrogen-bond donors (Lipinski definition) is 1. The van der Waals surface area contributed by atoms with Crippen LogP contribution in [-0.4, -0.2) is 11.0 Å². The first-order valence-corrected chi connectivity index (χ1v) is 4.59. The molecule has 0 aliphatic carbocycles. The molecule has 0 radical (unpaired) electrons. The van der Waals surface area contributed by atoms with Gasteiger partial charge in [0, 0.05) is 11.8 Å². The Morgan fingerprint density at radius 2 is 2.25 bits per heavy atom. The van der Waals surface area contributed by atoms with Crippen molar-refractivity contribution in [2.24, 2.45) is 5.16 Å². The van der Waals surface area contributed by atoms with Crippen molar-refractivity contribution in [3.05, 3.63) is 51.7 Å². The standard InChI is InChI=1S/C10H9N3O3/c1-7(11-15)8-4-2-3-5-9(8)13-6-10(14)16-12-13/h2-6H,1H3,(H-,12,14,15). The van der Waals surface area contributed by atoms with Crippen molar-refractivity contribution in [2.75, 3.05) is 0 Å². The Labute approximate surface area is 90.4 Å². The number of aromatic nitrogens is 2. The van der Waals surface area contributed by atoms with E-state index in [1.165, 1.54) is 10.9 Å². The molecule has 82 valence electrons. The smallest absolute Gasteiger partial charge is 0.427 e. The Morgan fingerprint density at radius 3 is 2.88 bits per heavy atom. The van der Waals surface area contributed by atoms with Gasteiger partial charge in [-0.15, -0.1) is 0 Å². The average molecular weight is 219 g/mol. The van der Waals surface area contributed by atoms with Gasteiger partial charge in [0.25, 0.3) is 6.20 Å². The molecule has 0 bridgehead atoms. The van der Waals surface area contributed by atoms with Crippen molar-refractivity contribution in [1.82, 2.24) is 5.27 Å². The van der Waals surface area contributed by atoms with Gasteiger partial charge >= 0.3 is 5.63 Å². The van der Waals surface area contributed by atoms with E-state index in [1.807, 2.05) is 0 Å². The van der Waals surface area contributed by atoms with Crippen LogP contribution >= 0.6 is 0 Å². The first kappa shape index (κ1) is 10.2. The van der Waals surface area contributed by atoms with Crippen molar-refractivity contribution in [1.29, 1.82) is 0 Å². The third-order valence-corrected chi connectivity index (χ3v) is 2.17. The van der Waals surface area contributed by atoms with Crippen molar-refractivity contribution in [3.8, 4) is 5.69 Å². The predicted octanol–water partition coefficient (Wildman–Crippen LogP) is 0.551. The first-order valence-electron chi connectivity index (χ1n) is 4.59. The van der Waals surface area contributed by atoms with Crippen LogP contribution in [0.25, 0.3) is 5.69 Å². The van der Waals surface area contributed by atoms with Crippen molar-refractivity contribution < 1.29 is 9.20 Å². The maximum absolute atomic E-state index is 10.9. The molecule has 2 aromatic rings. The van der Waals surface area contributed by atoms with Crippen LogP contribution in [0.4, 0.5) is 0 Å². The zero-order chi connectivity index (χ0) is 11.5. The molecule has 6 nitrogen and oxygen atoms in total. The lowest BCUT2D eigenvalue weighted by molar-refractivity contribution is -0.670. The van der Waals surface area contributed by atoms with E-state index in [4.69, 9.17) is 0 Å². The molecule has 0 saturated carbocycles. The number of nitrogens with one attached hydrogen (secondary N) is 1. The summed E-state index contributed by atoms with van der Waals surface area (Å²) >= 11 is 0. The highest BCUT2D eigenvalue weighted by molar-refractivity contribution is 6.01. The Bertz CT molecular complexity index is 583. The van der Waals surface area contributed by atoms with E-state index in [9.17, 15) is 10.0 Å². The molecule has 1 aromatic heterocycles. The fourth-order valence-corrected chi connectivity index (χ4v) is 1.41. The van der Waals surface area contributed by atoms with Crippen LogP contribution in [-0.2, 0) is 0 Å². The predicted molar refractivity (Wildman–Crippen MR) is 56.4 cm³/mol. The highest BCUT2D eigenvalue weighted by Gasteiger charge is 2.16. The van der Waals surface area contributed by atoms with Gasteiger partial charge in [-0.25, -0.2) is 4.79 Å². The topological polar surface area (TPSA) is 85.3 Å². The summed E-state index contributed by atoms with van der Waals surface area (Å²) in [5.74, 6) is 0. The highest BCUT2D eigenvalue weighted by atomic mass is 16.5. The Kier molecular flexibility index (Phi) is 2.55. The molecule has 0 amide bonds. The van der Waals surface area contributed by atoms with Gasteiger partial charge in [0.2, 0.25) is 5.69 Å². The lowest BCUT2D eigenvalue weighted by atomic mass is 10.1. The lowest BCUT2D eigenvalue weighted by Gasteiger charge is -2.03. The summed E-state index contributed by atoms with van der Waals surface area (Å²) in [4.78, 5) is 10.9. The average Bonchev–Trinajstić information content (AvgIpc) is 2.75. The number of hydrogen-bond acceptors (Lipinski definition) is 4. The number of rotatable bonds is 2. The van der Waals surface area contributed by atoms with Gasteiger partial charge in [-0.1, -0.05) is 12.1 Å². The van der Waals surface area contributed by atoms with E-state index < -0.39 is 5.63 Å². The zero-order valence-corrected chi connectivity index (χ0v) is 8.51. The van der Waals surface area contributed by atoms with E-state index >= 15 is 0 Å². The Morgan fingerprint density at radius 1 is 1.50 bits per heavy atom. The molecule has 0 spiro atoms. The summed E-state index contributed by atoms with van der Waals surface area (Å²) in [5.41, 5.74) is 1.11. The monoisotopic (exact) mass is 219 g/mol. The van der Waals surface area contributed by atoms with Crippen molar-refractivity contribution in [2.45, 2.75) is 6.92 Å². The molecular formula is C10H9N3O3. The zero-order valence-electron chi connectivity index (χ0n) is 8.51. The second kappa shape index (κ2) is 4.01. The van der Waals surface area contributed by atoms with E-state index in [2.05, 4.69) is 15.0 Å². The van der Waals surface area contributed by atoms with Crippen LogP contribution in [0, 0.1) is 5.21 Å². The third-order valence-electron chi connectivity index (χ3n) is 2.17. The molecule has 6 heteroatoms. The summed E-state index contributed by atoms with van der Waals surface area (Å²) in [7, 11) is 0. The Balaban J connectivity index is 2.61. The summed E-state index contributed by atoms with van der Waals surface area (Å²) in [5, 5.41) is 15.8. The molecule has 0 fully saturated rings. The van der Waals surface area contributed by atoms with E-state index in [0.29, 0.717) is 17.0 Å². The fraction of sp³-hybridized carbons (Fsp3) is 0.100. The second-order valence-electron chi connectivity index (χ2n) is 3.21. The van der Waals surface area contributed by atoms with Gasteiger partial charge in [-0.05, 0) is 22.9 Å². The fourth-order valence-electron chi connectivity index (χ4n) is 1.41. The van der Waals surface area contributed by atoms with Crippen LogP contribution in [0.5, 0.6) is 0 Å². The van der Waals surface area contributed by atoms with E-state index in [-0.39, 0.29) is 0 Å². The van der Waals surface area contributed by atoms with E-state index in [0.717, 1.165) is 0 Å². The minimum atomic E-state index is -0.494. The molecule has 0 aliphatic heterocycles. The minimum absolute atomic E-state index is 0.338. The van der Waals surface area contributed by atoms with Crippen LogP contribution in [0.15, 0.2) is 44.9 Å². The normalized spacial score (nSPS) is 11.7. The molecule has 0 aliphatic rings. The molecule has 1 N–H and O–H groups in total. The largest absolute Gasteiger partial charge is 0.792 e. The molecule has 0 unspecified atom stereocenters. The highest BCUT2D eigenvalue weighted by Crippen LogP contribution is 2.08. The molecule has 16 heavy (non-hydrogen) atoms. The summed E-state index contributed by atoms with van der Waals surface area (Å²) in [6, 6.07) is 7.06. The van der Waals surface area contributed by atoms with Gasteiger partial charge in [0.05, 0.1) is 5.56 Å². The molecule has 0 atom stereocenters. The summed E-state index contributed by atoms with van der Waals surface area (Å²) in [6.07, 6.45) is 1.25. The van der Waals surface area contributed by atoms with Crippen LogP contribution < -0.4 is 10.3 Å². The van der Waals surface area contributed by atoms with E-state index in [1.54, 1.807) is 31.2 Å². The van der Waals surface area contributed by atoms with Crippen molar-refractivity contribution >= 4 is 5.71 Å². The number of benzene rings is 1. The second-order valence-corrected chi connectivity index (χ2v) is 3.21.